The molecule has 2 aliphatic rings. The second kappa shape index (κ2) is 8.84. The fraction of sp³-hybridized carbons (Fsp3) is 0.409. The van der Waals surface area contributed by atoms with Gasteiger partial charge in [0.25, 0.3) is 0 Å². The van der Waals surface area contributed by atoms with Crippen molar-refractivity contribution in [1.29, 1.82) is 0 Å². The summed E-state index contributed by atoms with van der Waals surface area (Å²) in [7, 11) is -3.20. The van der Waals surface area contributed by atoms with Crippen LogP contribution >= 0.6 is 0 Å². The molecule has 0 spiro atoms. The van der Waals surface area contributed by atoms with Gasteiger partial charge in [0.15, 0.2) is 11.6 Å². The van der Waals surface area contributed by atoms with Gasteiger partial charge < -0.3 is 20.7 Å². The zero-order chi connectivity index (χ0) is 23.9. The molecule has 0 bridgehead atoms. The molecule has 10 nitrogen and oxygen atoms in total. The van der Waals surface area contributed by atoms with Crippen LogP contribution < -0.4 is 20.7 Å². The minimum Gasteiger partial charge on any atom is -0.474 e. The van der Waals surface area contributed by atoms with Crippen molar-refractivity contribution in [3.8, 4) is 5.88 Å². The fourth-order valence-corrected chi connectivity index (χ4v) is 5.11. The normalized spacial score (nSPS) is 19.8. The number of hydrogen-bond acceptors (Lipinski definition) is 9. The number of halogens is 1. The Kier molecular flexibility index (Phi) is 5.86. The molecule has 2 aromatic heterocycles. The highest BCUT2D eigenvalue weighted by atomic mass is 32.2. The Morgan fingerprint density at radius 2 is 1.97 bits per heavy atom. The quantitative estimate of drug-likeness (QED) is 0.450. The van der Waals surface area contributed by atoms with Crippen LogP contribution in [-0.4, -0.2) is 59.5 Å². The lowest BCUT2D eigenvalue weighted by Gasteiger charge is -2.30. The maximum Gasteiger partial charge on any atom is 0.246 e. The molecule has 34 heavy (non-hydrogen) atoms. The third-order valence-electron chi connectivity index (χ3n) is 6.05. The van der Waals surface area contributed by atoms with Crippen LogP contribution in [0, 0.1) is 0 Å². The van der Waals surface area contributed by atoms with Crippen LogP contribution in [0.3, 0.4) is 0 Å². The van der Waals surface area contributed by atoms with Gasteiger partial charge in [-0.2, -0.15) is 4.39 Å². The molecule has 0 amide bonds. The summed E-state index contributed by atoms with van der Waals surface area (Å²) in [5, 5.41) is 10.4. The molecule has 0 radical (unpaired) electrons. The van der Waals surface area contributed by atoms with Gasteiger partial charge in [-0.1, -0.05) is 18.2 Å². The molecule has 1 fully saturated rings. The summed E-state index contributed by atoms with van der Waals surface area (Å²) >= 11 is 0. The summed E-state index contributed by atoms with van der Waals surface area (Å²) in [5.74, 6) is 1.37. The molecule has 2 aliphatic heterocycles. The number of nitrogens with one attached hydrogen (secondary N) is 3. The van der Waals surface area contributed by atoms with Gasteiger partial charge in [-0.05, 0) is 37.3 Å². The van der Waals surface area contributed by atoms with E-state index in [0.717, 1.165) is 16.5 Å². The van der Waals surface area contributed by atoms with Crippen LogP contribution in [0.2, 0.25) is 0 Å². The van der Waals surface area contributed by atoms with Crippen molar-refractivity contribution in [2.75, 3.05) is 35.3 Å². The summed E-state index contributed by atoms with van der Waals surface area (Å²) in [6, 6.07) is 9.55. The van der Waals surface area contributed by atoms with Crippen LogP contribution in [0.1, 0.15) is 31.5 Å². The summed E-state index contributed by atoms with van der Waals surface area (Å²) < 4.78 is 45.1. The number of anilines is 3. The van der Waals surface area contributed by atoms with Crippen LogP contribution in [-0.2, 0) is 10.0 Å². The molecular weight excluding hydrogens is 461 g/mol. The van der Waals surface area contributed by atoms with Gasteiger partial charge in [-0.3, -0.25) is 0 Å². The Morgan fingerprint density at radius 3 is 2.74 bits per heavy atom. The van der Waals surface area contributed by atoms with E-state index in [1.807, 2.05) is 37.3 Å². The van der Waals surface area contributed by atoms with Crippen LogP contribution in [0.25, 0.3) is 10.8 Å². The van der Waals surface area contributed by atoms with Crippen LogP contribution in [0.5, 0.6) is 5.88 Å². The minimum absolute atomic E-state index is 0.130. The lowest BCUT2D eigenvalue weighted by atomic mass is 10.1. The van der Waals surface area contributed by atoms with Gasteiger partial charge in [0, 0.05) is 18.5 Å². The van der Waals surface area contributed by atoms with Gasteiger partial charge >= 0.3 is 0 Å². The van der Waals surface area contributed by atoms with E-state index < -0.39 is 16.4 Å². The molecule has 3 aromatic rings. The number of hydrogen-bond donors (Lipinski definition) is 3. The van der Waals surface area contributed by atoms with Crippen molar-refractivity contribution < 1.29 is 17.5 Å². The first kappa shape index (κ1) is 22.5. The van der Waals surface area contributed by atoms with Crippen LogP contribution in [0.4, 0.5) is 21.7 Å². The maximum absolute atomic E-state index is 13.7. The highest BCUT2D eigenvalue weighted by Crippen LogP contribution is 2.35. The van der Waals surface area contributed by atoms with Gasteiger partial charge in [-0.25, -0.2) is 27.7 Å². The largest absolute Gasteiger partial charge is 0.474 e. The van der Waals surface area contributed by atoms with E-state index in [-0.39, 0.29) is 12.1 Å². The number of pyridine rings is 1. The molecule has 4 heterocycles. The van der Waals surface area contributed by atoms with E-state index in [4.69, 9.17) is 9.72 Å². The molecule has 1 saturated heterocycles. The summed E-state index contributed by atoms with van der Waals surface area (Å²) in [6.07, 6.45) is 2.23. The average Bonchev–Trinajstić information content (AvgIpc) is 3.20. The monoisotopic (exact) mass is 487 g/mol. The SMILES string of the molecule is C[C@H](Nc1ncnc2c1NC(F)N2)c1cc2ccccc2c(OC2CCN(S(C)(=O)=O)CC2)n1. The lowest BCUT2D eigenvalue weighted by Crippen LogP contribution is -2.41. The van der Waals surface area contributed by atoms with Crippen molar-refractivity contribution in [2.24, 2.45) is 0 Å². The van der Waals surface area contributed by atoms with Gasteiger partial charge in [0.1, 0.15) is 18.1 Å². The maximum atomic E-state index is 13.7. The smallest absolute Gasteiger partial charge is 0.246 e. The summed E-state index contributed by atoms with van der Waals surface area (Å²) in [6.45, 7) is 2.79. The first-order valence-electron chi connectivity index (χ1n) is 11.1. The Hall–Kier alpha value is -3.25. The summed E-state index contributed by atoms with van der Waals surface area (Å²) in [5.41, 5.74) is 1.20. The molecule has 12 heteroatoms. The van der Waals surface area contributed by atoms with Crippen molar-refractivity contribution in [2.45, 2.75) is 38.3 Å². The van der Waals surface area contributed by atoms with E-state index in [2.05, 4.69) is 25.9 Å². The highest BCUT2D eigenvalue weighted by molar-refractivity contribution is 7.88. The van der Waals surface area contributed by atoms with Crippen molar-refractivity contribution in [1.82, 2.24) is 19.3 Å². The average molecular weight is 488 g/mol. The Labute approximate surface area is 197 Å². The second-order valence-corrected chi connectivity index (χ2v) is 10.5. The number of rotatable bonds is 6. The van der Waals surface area contributed by atoms with Gasteiger partial charge in [0.05, 0.1) is 18.0 Å². The number of benzene rings is 1. The first-order chi connectivity index (χ1) is 16.3. The van der Waals surface area contributed by atoms with E-state index in [9.17, 15) is 12.8 Å². The Bertz CT molecular complexity index is 1320. The van der Waals surface area contributed by atoms with Crippen LogP contribution in [0.15, 0.2) is 36.7 Å². The van der Waals surface area contributed by atoms with Crippen molar-refractivity contribution >= 4 is 38.1 Å². The van der Waals surface area contributed by atoms with E-state index in [1.165, 1.54) is 16.9 Å². The molecule has 0 saturated carbocycles. The number of piperidine rings is 1. The van der Waals surface area contributed by atoms with Gasteiger partial charge in [-0.15, -0.1) is 0 Å². The zero-order valence-electron chi connectivity index (χ0n) is 18.8. The molecule has 1 unspecified atom stereocenters. The van der Waals surface area contributed by atoms with Gasteiger partial charge in [0.2, 0.25) is 22.3 Å². The van der Waals surface area contributed by atoms with E-state index in [0.29, 0.717) is 49.1 Å². The Balaban J connectivity index is 1.39. The second-order valence-electron chi connectivity index (χ2n) is 8.52. The van der Waals surface area contributed by atoms with E-state index >= 15 is 0 Å². The third kappa shape index (κ3) is 4.55. The van der Waals surface area contributed by atoms with Crippen molar-refractivity contribution in [3.05, 3.63) is 42.4 Å². The fourth-order valence-electron chi connectivity index (χ4n) is 4.24. The number of aromatic nitrogens is 3. The third-order valence-corrected chi connectivity index (χ3v) is 7.36. The van der Waals surface area contributed by atoms with Crippen molar-refractivity contribution in [3.63, 3.8) is 0 Å². The molecule has 2 atom stereocenters. The predicted molar refractivity (Wildman–Crippen MR) is 128 cm³/mol. The summed E-state index contributed by atoms with van der Waals surface area (Å²) in [4.78, 5) is 13.1. The molecule has 180 valence electrons. The number of alkyl halides is 1. The minimum atomic E-state index is -3.20. The number of fused-ring (bicyclic) bond motifs is 2. The van der Waals surface area contributed by atoms with E-state index in [1.54, 1.807) is 0 Å². The Morgan fingerprint density at radius 1 is 1.21 bits per heavy atom. The standard InChI is InChI=1S/C22H26FN7O3S/c1-13(26-19-18-20(25-12-24-19)29-22(23)28-18)17-11-14-5-3-4-6-16(14)21(27-17)33-15-7-9-30(10-8-15)34(2,31)32/h3-6,11-13,15,22,28H,7-10H2,1-2H3,(H2,24,25,26,29)/t13-,22?/m0/s1. The zero-order valence-corrected chi connectivity index (χ0v) is 19.6. The highest BCUT2D eigenvalue weighted by Gasteiger charge is 2.28. The predicted octanol–water partition coefficient (Wildman–Crippen LogP) is 3.09. The molecular formula is C22H26FN7O3S. The molecule has 1 aromatic carbocycles. The number of nitrogens with zero attached hydrogens (tertiary/aromatic N) is 4. The molecule has 5 rings (SSSR count). The lowest BCUT2D eigenvalue weighted by molar-refractivity contribution is 0.132. The molecule has 3 N–H and O–H groups in total. The number of ether oxygens (including phenoxy) is 1. The molecule has 0 aliphatic carbocycles. The number of sulfonamides is 1. The first-order valence-corrected chi connectivity index (χ1v) is 12.9. The topological polar surface area (TPSA) is 121 Å².